The summed E-state index contributed by atoms with van der Waals surface area (Å²) in [4.78, 5) is 14.4. The minimum absolute atomic E-state index is 0.00111. The number of nitrogens with two attached hydrogens (primary N) is 1. The van der Waals surface area contributed by atoms with Crippen molar-refractivity contribution in [3.8, 4) is 0 Å². The van der Waals surface area contributed by atoms with Gasteiger partial charge in [-0.3, -0.25) is 9.89 Å². The van der Waals surface area contributed by atoms with Crippen LogP contribution in [0.3, 0.4) is 0 Å². The van der Waals surface area contributed by atoms with Crippen LogP contribution in [0.25, 0.3) is 0 Å². The first-order chi connectivity index (χ1) is 9.20. The zero-order valence-corrected chi connectivity index (χ0v) is 11.5. The minimum atomic E-state index is -0.00111. The van der Waals surface area contributed by atoms with Gasteiger partial charge in [-0.1, -0.05) is 13.3 Å². The standard InChI is InChI=1S/C14H22N4O/c1-2-9-4-3-7-18(8-9)14(19)13-11(15)12(16-17-13)10-5-6-10/h9-10H,2-8,15H2,1H3,(H,16,17). The van der Waals surface area contributed by atoms with E-state index in [0.29, 0.717) is 23.2 Å². The molecule has 1 aliphatic carbocycles. The lowest BCUT2D eigenvalue weighted by Gasteiger charge is -2.31. The van der Waals surface area contributed by atoms with Gasteiger partial charge in [0.2, 0.25) is 0 Å². The lowest BCUT2D eigenvalue weighted by atomic mass is 9.95. The van der Waals surface area contributed by atoms with Crippen LogP contribution >= 0.6 is 0 Å². The number of anilines is 1. The third kappa shape index (κ3) is 2.33. The second-order valence-corrected chi connectivity index (χ2v) is 5.84. The summed E-state index contributed by atoms with van der Waals surface area (Å²) in [6.45, 7) is 3.87. The molecule has 5 heteroatoms. The summed E-state index contributed by atoms with van der Waals surface area (Å²) < 4.78 is 0. The zero-order chi connectivity index (χ0) is 13.4. The molecule has 1 atom stereocenters. The number of aromatic nitrogens is 2. The smallest absolute Gasteiger partial charge is 0.276 e. The second kappa shape index (κ2) is 4.87. The summed E-state index contributed by atoms with van der Waals surface area (Å²) in [5, 5.41) is 7.12. The number of nitrogens with one attached hydrogen (secondary N) is 1. The minimum Gasteiger partial charge on any atom is -0.395 e. The SMILES string of the molecule is CCC1CCCN(C(=O)c2n[nH]c(C3CC3)c2N)C1. The van der Waals surface area contributed by atoms with Gasteiger partial charge in [0.15, 0.2) is 5.69 Å². The van der Waals surface area contributed by atoms with Crippen LogP contribution in [-0.4, -0.2) is 34.1 Å². The summed E-state index contributed by atoms with van der Waals surface area (Å²) in [5.74, 6) is 1.12. The topological polar surface area (TPSA) is 75.0 Å². The molecule has 0 radical (unpaired) electrons. The molecule has 2 aliphatic rings. The molecule has 1 saturated carbocycles. The molecule has 3 rings (SSSR count). The molecule has 1 aromatic rings. The third-order valence-electron chi connectivity index (χ3n) is 4.41. The van der Waals surface area contributed by atoms with Crippen molar-refractivity contribution in [3.63, 3.8) is 0 Å². The lowest BCUT2D eigenvalue weighted by Crippen LogP contribution is -2.40. The Morgan fingerprint density at radius 2 is 2.26 bits per heavy atom. The van der Waals surface area contributed by atoms with Gasteiger partial charge in [-0.2, -0.15) is 5.10 Å². The maximum atomic E-state index is 12.5. The van der Waals surface area contributed by atoms with Crippen LogP contribution < -0.4 is 5.73 Å². The Kier molecular flexibility index (Phi) is 3.21. The van der Waals surface area contributed by atoms with Crippen molar-refractivity contribution in [3.05, 3.63) is 11.4 Å². The van der Waals surface area contributed by atoms with E-state index in [1.165, 1.54) is 6.42 Å². The predicted molar refractivity (Wildman–Crippen MR) is 73.9 cm³/mol. The van der Waals surface area contributed by atoms with Crippen LogP contribution in [0, 0.1) is 5.92 Å². The molecule has 0 spiro atoms. The van der Waals surface area contributed by atoms with E-state index in [0.717, 1.165) is 44.5 Å². The molecule has 19 heavy (non-hydrogen) atoms. The molecule has 1 amide bonds. The molecule has 1 aromatic heterocycles. The Balaban J connectivity index is 1.75. The van der Waals surface area contributed by atoms with Crippen molar-refractivity contribution >= 4 is 11.6 Å². The quantitative estimate of drug-likeness (QED) is 0.876. The third-order valence-corrected chi connectivity index (χ3v) is 4.41. The molecule has 104 valence electrons. The summed E-state index contributed by atoms with van der Waals surface area (Å²) in [5.41, 5.74) is 8.05. The Labute approximate surface area is 113 Å². The molecule has 5 nitrogen and oxygen atoms in total. The summed E-state index contributed by atoms with van der Waals surface area (Å²) >= 11 is 0. The highest BCUT2D eigenvalue weighted by Crippen LogP contribution is 2.42. The summed E-state index contributed by atoms with van der Waals surface area (Å²) in [6, 6.07) is 0. The number of H-pyrrole nitrogens is 1. The molecular formula is C14H22N4O. The molecule has 1 saturated heterocycles. The number of rotatable bonds is 3. The Bertz CT molecular complexity index is 478. The van der Waals surface area contributed by atoms with E-state index in [4.69, 9.17) is 5.73 Å². The number of hydrogen-bond acceptors (Lipinski definition) is 3. The predicted octanol–water partition coefficient (Wildman–Crippen LogP) is 2.13. The molecule has 1 unspecified atom stereocenters. The molecule has 2 fully saturated rings. The first-order valence-electron chi connectivity index (χ1n) is 7.33. The van der Waals surface area contributed by atoms with E-state index in [9.17, 15) is 4.79 Å². The lowest BCUT2D eigenvalue weighted by molar-refractivity contribution is 0.0666. The van der Waals surface area contributed by atoms with Gasteiger partial charge < -0.3 is 10.6 Å². The van der Waals surface area contributed by atoms with Crippen LogP contribution in [0.2, 0.25) is 0 Å². The Hall–Kier alpha value is -1.52. The average Bonchev–Trinajstić information content (AvgIpc) is 3.21. The molecular weight excluding hydrogens is 240 g/mol. The van der Waals surface area contributed by atoms with Crippen LogP contribution in [0.15, 0.2) is 0 Å². The molecule has 1 aliphatic heterocycles. The average molecular weight is 262 g/mol. The number of carbonyl (C=O) groups excluding carboxylic acids is 1. The number of likely N-dealkylation sites (tertiary alicyclic amines) is 1. The highest BCUT2D eigenvalue weighted by atomic mass is 16.2. The number of nitrogen functional groups attached to an aromatic ring is 1. The van der Waals surface area contributed by atoms with Gasteiger partial charge in [-0.05, 0) is 31.6 Å². The fraction of sp³-hybridized carbons (Fsp3) is 0.714. The van der Waals surface area contributed by atoms with Gasteiger partial charge in [-0.25, -0.2) is 0 Å². The number of nitrogens with zero attached hydrogens (tertiary/aromatic N) is 2. The largest absolute Gasteiger partial charge is 0.395 e. The van der Waals surface area contributed by atoms with E-state index >= 15 is 0 Å². The number of hydrogen-bond donors (Lipinski definition) is 2. The van der Waals surface area contributed by atoms with Gasteiger partial charge in [-0.15, -0.1) is 0 Å². The van der Waals surface area contributed by atoms with E-state index in [-0.39, 0.29) is 5.91 Å². The van der Waals surface area contributed by atoms with Crippen molar-refractivity contribution in [2.75, 3.05) is 18.8 Å². The van der Waals surface area contributed by atoms with Crippen LogP contribution in [0.5, 0.6) is 0 Å². The Morgan fingerprint density at radius 3 is 2.95 bits per heavy atom. The van der Waals surface area contributed by atoms with Crippen molar-refractivity contribution in [2.45, 2.75) is 44.9 Å². The Morgan fingerprint density at radius 1 is 1.47 bits per heavy atom. The van der Waals surface area contributed by atoms with Crippen LogP contribution in [0.1, 0.15) is 61.1 Å². The first-order valence-corrected chi connectivity index (χ1v) is 7.33. The van der Waals surface area contributed by atoms with Gasteiger partial charge in [0.25, 0.3) is 5.91 Å². The van der Waals surface area contributed by atoms with Crippen LogP contribution in [0.4, 0.5) is 5.69 Å². The van der Waals surface area contributed by atoms with Gasteiger partial charge in [0.05, 0.1) is 11.4 Å². The summed E-state index contributed by atoms with van der Waals surface area (Å²) in [6.07, 6.45) is 5.75. The van der Waals surface area contributed by atoms with E-state index in [2.05, 4.69) is 17.1 Å². The molecule has 0 bridgehead atoms. The van der Waals surface area contributed by atoms with Crippen molar-refractivity contribution in [1.29, 1.82) is 0 Å². The zero-order valence-electron chi connectivity index (χ0n) is 11.5. The number of piperidine rings is 1. The second-order valence-electron chi connectivity index (χ2n) is 5.84. The van der Waals surface area contributed by atoms with Gasteiger partial charge >= 0.3 is 0 Å². The van der Waals surface area contributed by atoms with Crippen molar-refractivity contribution in [1.82, 2.24) is 15.1 Å². The normalized spacial score (nSPS) is 23.6. The first kappa shape index (κ1) is 12.5. The molecule has 0 aromatic carbocycles. The molecule has 3 N–H and O–H groups in total. The number of amides is 1. The van der Waals surface area contributed by atoms with E-state index in [1.54, 1.807) is 0 Å². The summed E-state index contributed by atoms with van der Waals surface area (Å²) in [7, 11) is 0. The fourth-order valence-electron chi connectivity index (χ4n) is 2.94. The van der Waals surface area contributed by atoms with E-state index in [1.807, 2.05) is 4.90 Å². The number of aromatic amines is 1. The highest BCUT2D eigenvalue weighted by molar-refractivity contribution is 5.97. The monoisotopic (exact) mass is 262 g/mol. The van der Waals surface area contributed by atoms with Gasteiger partial charge in [0.1, 0.15) is 0 Å². The van der Waals surface area contributed by atoms with Crippen molar-refractivity contribution in [2.24, 2.45) is 5.92 Å². The molecule has 2 heterocycles. The van der Waals surface area contributed by atoms with Crippen LogP contribution in [-0.2, 0) is 0 Å². The maximum Gasteiger partial charge on any atom is 0.276 e. The maximum absolute atomic E-state index is 12.5. The number of carbonyl (C=O) groups is 1. The van der Waals surface area contributed by atoms with E-state index < -0.39 is 0 Å². The fourth-order valence-corrected chi connectivity index (χ4v) is 2.94. The highest BCUT2D eigenvalue weighted by Gasteiger charge is 2.32. The van der Waals surface area contributed by atoms with Gasteiger partial charge in [0, 0.05) is 19.0 Å². The van der Waals surface area contributed by atoms with Crippen molar-refractivity contribution < 1.29 is 4.79 Å².